The lowest BCUT2D eigenvalue weighted by Gasteiger charge is -2.19. The quantitative estimate of drug-likeness (QED) is 0.379. The van der Waals surface area contributed by atoms with Crippen LogP contribution in [0, 0.1) is 0 Å². The molecular formula is C20H18N4O4S. The lowest BCUT2D eigenvalue weighted by Crippen LogP contribution is -2.24. The Morgan fingerprint density at radius 2 is 2.10 bits per heavy atom. The molecule has 0 bridgehead atoms. The number of ether oxygens (including phenoxy) is 2. The molecule has 3 aromatic rings. The van der Waals surface area contributed by atoms with Gasteiger partial charge < -0.3 is 14.8 Å². The van der Waals surface area contributed by atoms with E-state index < -0.39 is 0 Å². The Balaban J connectivity index is 1.50. The van der Waals surface area contributed by atoms with Crippen LogP contribution in [0.4, 0.5) is 5.69 Å². The number of allylic oxidation sites excluding steroid dienone is 1. The molecule has 1 aromatic carbocycles. The number of anilines is 1. The number of pyridine rings is 1. The summed E-state index contributed by atoms with van der Waals surface area (Å²) in [6, 6.07) is 8.61. The number of hydrogen-bond acceptors (Lipinski definition) is 7. The second-order valence-corrected chi connectivity index (χ2v) is 7.11. The Morgan fingerprint density at radius 1 is 1.28 bits per heavy atom. The smallest absolute Gasteiger partial charge is 0.263 e. The summed E-state index contributed by atoms with van der Waals surface area (Å²) in [5, 5.41) is 3.66. The summed E-state index contributed by atoms with van der Waals surface area (Å²) in [4.78, 5) is 33.7. The zero-order chi connectivity index (χ0) is 20.2. The Morgan fingerprint density at radius 3 is 2.93 bits per heavy atom. The zero-order valence-electron chi connectivity index (χ0n) is 15.5. The Hall–Kier alpha value is -3.33. The SMILES string of the molecule is C=CCn1c(SCC(=O)Nc2ccc3c(c2)OCCO3)nc2ncccc2c1=O. The lowest BCUT2D eigenvalue weighted by atomic mass is 10.2. The highest BCUT2D eigenvalue weighted by Gasteiger charge is 2.15. The number of rotatable bonds is 6. The fourth-order valence-corrected chi connectivity index (χ4v) is 3.68. The minimum atomic E-state index is -0.229. The highest BCUT2D eigenvalue weighted by molar-refractivity contribution is 7.99. The molecule has 1 amide bonds. The van der Waals surface area contributed by atoms with Crippen molar-refractivity contribution in [1.29, 1.82) is 0 Å². The lowest BCUT2D eigenvalue weighted by molar-refractivity contribution is -0.113. The number of benzene rings is 1. The third-order valence-corrected chi connectivity index (χ3v) is 5.14. The van der Waals surface area contributed by atoms with Gasteiger partial charge in [-0.05, 0) is 24.3 Å². The van der Waals surface area contributed by atoms with E-state index in [9.17, 15) is 9.59 Å². The van der Waals surface area contributed by atoms with Gasteiger partial charge in [0.2, 0.25) is 5.91 Å². The van der Waals surface area contributed by atoms with Gasteiger partial charge in [-0.15, -0.1) is 6.58 Å². The summed E-state index contributed by atoms with van der Waals surface area (Å²) in [7, 11) is 0. The summed E-state index contributed by atoms with van der Waals surface area (Å²) in [6.07, 6.45) is 3.19. The molecule has 0 atom stereocenters. The van der Waals surface area contributed by atoms with E-state index in [2.05, 4.69) is 21.9 Å². The van der Waals surface area contributed by atoms with Gasteiger partial charge in [0, 0.05) is 24.5 Å². The van der Waals surface area contributed by atoms with Crippen LogP contribution in [0.25, 0.3) is 11.0 Å². The molecule has 148 valence electrons. The van der Waals surface area contributed by atoms with Gasteiger partial charge in [-0.2, -0.15) is 0 Å². The molecular weight excluding hydrogens is 392 g/mol. The van der Waals surface area contributed by atoms with Crippen molar-refractivity contribution in [2.75, 3.05) is 24.3 Å². The third-order valence-electron chi connectivity index (χ3n) is 4.16. The molecule has 0 unspecified atom stereocenters. The van der Waals surface area contributed by atoms with Crippen LogP contribution in [0.3, 0.4) is 0 Å². The van der Waals surface area contributed by atoms with Crippen LogP contribution in [-0.2, 0) is 11.3 Å². The van der Waals surface area contributed by atoms with Crippen LogP contribution in [0.15, 0.2) is 59.1 Å². The van der Waals surface area contributed by atoms with Crippen molar-refractivity contribution in [2.24, 2.45) is 0 Å². The number of nitrogens with one attached hydrogen (secondary N) is 1. The number of hydrogen-bond donors (Lipinski definition) is 1. The Labute approximate surface area is 170 Å². The predicted octanol–water partition coefficient (Wildman–Crippen LogP) is 2.48. The third kappa shape index (κ3) is 4.09. The topological polar surface area (TPSA) is 95.3 Å². The molecule has 0 spiro atoms. The van der Waals surface area contributed by atoms with Crippen molar-refractivity contribution in [3.05, 3.63) is 59.5 Å². The molecule has 8 nitrogen and oxygen atoms in total. The molecule has 0 aliphatic carbocycles. The Kier molecular flexibility index (Phi) is 5.48. The first-order chi connectivity index (χ1) is 14.2. The van der Waals surface area contributed by atoms with Crippen molar-refractivity contribution in [2.45, 2.75) is 11.7 Å². The number of aromatic nitrogens is 3. The van der Waals surface area contributed by atoms with Crippen LogP contribution in [0.1, 0.15) is 0 Å². The van der Waals surface area contributed by atoms with E-state index in [1.165, 1.54) is 16.3 Å². The van der Waals surface area contributed by atoms with Gasteiger partial charge in [-0.3, -0.25) is 14.2 Å². The monoisotopic (exact) mass is 410 g/mol. The van der Waals surface area contributed by atoms with E-state index in [4.69, 9.17) is 9.47 Å². The molecule has 3 heterocycles. The van der Waals surface area contributed by atoms with E-state index in [1.54, 1.807) is 42.6 Å². The van der Waals surface area contributed by atoms with Gasteiger partial charge in [0.25, 0.3) is 5.56 Å². The minimum absolute atomic E-state index is 0.0797. The first kappa shape index (κ1) is 19.0. The summed E-state index contributed by atoms with van der Waals surface area (Å²) in [5.41, 5.74) is 0.752. The molecule has 29 heavy (non-hydrogen) atoms. The van der Waals surface area contributed by atoms with Crippen molar-refractivity contribution in [1.82, 2.24) is 14.5 Å². The van der Waals surface area contributed by atoms with E-state index in [0.717, 1.165) is 0 Å². The number of amides is 1. The summed E-state index contributed by atoms with van der Waals surface area (Å²) >= 11 is 1.17. The second-order valence-electron chi connectivity index (χ2n) is 6.17. The van der Waals surface area contributed by atoms with Gasteiger partial charge in [0.1, 0.15) is 13.2 Å². The minimum Gasteiger partial charge on any atom is -0.486 e. The van der Waals surface area contributed by atoms with Crippen LogP contribution >= 0.6 is 11.8 Å². The fourth-order valence-electron chi connectivity index (χ4n) is 2.88. The summed E-state index contributed by atoms with van der Waals surface area (Å²) in [5.74, 6) is 1.11. The largest absolute Gasteiger partial charge is 0.486 e. The van der Waals surface area contributed by atoms with Crippen molar-refractivity contribution in [3.8, 4) is 11.5 Å². The maximum Gasteiger partial charge on any atom is 0.263 e. The van der Waals surface area contributed by atoms with Gasteiger partial charge in [-0.25, -0.2) is 9.97 Å². The second kappa shape index (κ2) is 8.36. The maximum atomic E-state index is 12.7. The zero-order valence-corrected chi connectivity index (χ0v) is 16.3. The van der Waals surface area contributed by atoms with Crippen LogP contribution in [-0.4, -0.2) is 39.4 Å². The number of fused-ring (bicyclic) bond motifs is 2. The average Bonchev–Trinajstić information content (AvgIpc) is 2.74. The molecule has 2 aromatic heterocycles. The molecule has 0 fully saturated rings. The molecule has 9 heteroatoms. The van der Waals surface area contributed by atoms with Gasteiger partial charge in [0.15, 0.2) is 22.3 Å². The molecule has 0 saturated carbocycles. The average molecular weight is 410 g/mol. The van der Waals surface area contributed by atoms with Crippen LogP contribution in [0.2, 0.25) is 0 Å². The summed E-state index contributed by atoms with van der Waals surface area (Å²) in [6.45, 7) is 4.97. The highest BCUT2D eigenvalue weighted by atomic mass is 32.2. The summed E-state index contributed by atoms with van der Waals surface area (Å²) < 4.78 is 12.5. The van der Waals surface area contributed by atoms with E-state index in [-0.39, 0.29) is 17.2 Å². The van der Waals surface area contributed by atoms with Crippen molar-refractivity contribution in [3.63, 3.8) is 0 Å². The van der Waals surface area contributed by atoms with Gasteiger partial charge >= 0.3 is 0 Å². The predicted molar refractivity (Wildman–Crippen MR) is 111 cm³/mol. The molecule has 4 rings (SSSR count). The van der Waals surface area contributed by atoms with Gasteiger partial charge in [-0.1, -0.05) is 17.8 Å². The standard InChI is InChI=1S/C20H18N4O4S/c1-2-8-24-19(26)14-4-3-7-21-18(14)23-20(24)29-12-17(25)22-13-5-6-15-16(11-13)28-10-9-27-15/h2-7,11H,1,8-10,12H2,(H,22,25). The molecule has 1 aliphatic rings. The first-order valence-electron chi connectivity index (χ1n) is 8.94. The molecule has 0 saturated heterocycles. The van der Waals surface area contributed by atoms with E-state index in [1.807, 2.05) is 0 Å². The number of thioether (sulfide) groups is 1. The highest BCUT2D eigenvalue weighted by Crippen LogP contribution is 2.32. The number of nitrogens with zero attached hydrogens (tertiary/aromatic N) is 3. The Bertz CT molecular complexity index is 1150. The van der Waals surface area contributed by atoms with Crippen LogP contribution < -0.4 is 20.3 Å². The van der Waals surface area contributed by atoms with E-state index in [0.29, 0.717) is 53.1 Å². The molecule has 1 aliphatic heterocycles. The van der Waals surface area contributed by atoms with Crippen molar-refractivity contribution >= 4 is 34.4 Å². The number of carbonyl (C=O) groups is 1. The maximum absolute atomic E-state index is 12.7. The molecule has 1 N–H and O–H groups in total. The van der Waals surface area contributed by atoms with Gasteiger partial charge in [0.05, 0.1) is 11.1 Å². The molecule has 0 radical (unpaired) electrons. The van der Waals surface area contributed by atoms with E-state index >= 15 is 0 Å². The normalized spacial score (nSPS) is 12.6. The van der Waals surface area contributed by atoms with Crippen molar-refractivity contribution < 1.29 is 14.3 Å². The van der Waals surface area contributed by atoms with Crippen LogP contribution in [0.5, 0.6) is 11.5 Å². The first-order valence-corrected chi connectivity index (χ1v) is 9.93. The fraction of sp³-hybridized carbons (Fsp3) is 0.200. The number of carbonyl (C=O) groups excluding carboxylic acids is 1.